The first-order chi connectivity index (χ1) is 9.61. The van der Waals surface area contributed by atoms with Gasteiger partial charge in [-0.2, -0.15) is 0 Å². The summed E-state index contributed by atoms with van der Waals surface area (Å²) in [5, 5.41) is 0. The number of nitrogens with two attached hydrogens (primary N) is 1. The molecule has 1 aliphatic rings. The van der Waals surface area contributed by atoms with Crippen molar-refractivity contribution in [1.82, 2.24) is 10.3 Å². The van der Waals surface area contributed by atoms with E-state index in [-0.39, 0.29) is 11.8 Å². The maximum absolute atomic E-state index is 11.5. The second-order valence-electron chi connectivity index (χ2n) is 5.83. The van der Waals surface area contributed by atoms with Crippen LogP contribution in [0, 0.1) is 0 Å². The van der Waals surface area contributed by atoms with E-state index >= 15 is 0 Å². The van der Waals surface area contributed by atoms with E-state index in [1.807, 2.05) is 19.1 Å². The molecule has 20 heavy (non-hydrogen) atoms. The van der Waals surface area contributed by atoms with E-state index in [0.29, 0.717) is 0 Å². The second kappa shape index (κ2) is 6.86. The molecule has 0 radical (unpaired) electrons. The molecule has 4 heteroatoms. The fraction of sp³-hybridized carbons (Fsp3) is 0.562. The molecule has 1 unspecified atom stereocenters. The molecule has 1 atom stereocenters. The molecule has 2 rings (SSSR count). The van der Waals surface area contributed by atoms with Gasteiger partial charge in [-0.25, -0.2) is 5.84 Å². The topological polar surface area (TPSA) is 58.4 Å². The molecule has 110 valence electrons. The number of hydrogen-bond donors (Lipinski definition) is 2. The molecule has 1 amide bonds. The van der Waals surface area contributed by atoms with E-state index in [1.54, 1.807) is 0 Å². The third-order valence-electron chi connectivity index (χ3n) is 4.40. The summed E-state index contributed by atoms with van der Waals surface area (Å²) in [5.74, 6) is 4.81. The van der Waals surface area contributed by atoms with Crippen molar-refractivity contribution < 1.29 is 4.79 Å². The predicted molar refractivity (Wildman–Crippen MR) is 80.9 cm³/mol. The number of carbonyl (C=O) groups is 1. The highest BCUT2D eigenvalue weighted by atomic mass is 16.2. The molecule has 0 saturated heterocycles. The van der Waals surface area contributed by atoms with E-state index in [1.165, 1.54) is 31.2 Å². The van der Waals surface area contributed by atoms with Gasteiger partial charge in [-0.15, -0.1) is 0 Å². The zero-order valence-corrected chi connectivity index (χ0v) is 12.4. The second-order valence-corrected chi connectivity index (χ2v) is 5.83. The summed E-state index contributed by atoms with van der Waals surface area (Å²) in [6, 6.07) is 9.01. The van der Waals surface area contributed by atoms with Crippen LogP contribution in [0.4, 0.5) is 0 Å². The van der Waals surface area contributed by atoms with Gasteiger partial charge in [0.2, 0.25) is 5.91 Å². The predicted octanol–water partition coefficient (Wildman–Crippen LogP) is 2.15. The van der Waals surface area contributed by atoms with Crippen LogP contribution in [-0.4, -0.2) is 23.9 Å². The number of nitrogens with one attached hydrogen (secondary N) is 1. The number of benzene rings is 1. The monoisotopic (exact) mass is 275 g/mol. The Morgan fingerprint density at radius 3 is 2.50 bits per heavy atom. The molecule has 1 saturated carbocycles. The molecule has 4 nitrogen and oxygen atoms in total. The minimum atomic E-state index is -0.207. The Morgan fingerprint density at radius 2 is 1.95 bits per heavy atom. The maximum Gasteiger partial charge on any atom is 0.241 e. The first-order valence-electron chi connectivity index (χ1n) is 7.41. The third-order valence-corrected chi connectivity index (χ3v) is 4.40. The lowest BCUT2D eigenvalue weighted by Crippen LogP contribution is -2.33. The van der Waals surface area contributed by atoms with Crippen molar-refractivity contribution in [3.8, 4) is 0 Å². The summed E-state index contributed by atoms with van der Waals surface area (Å²) in [5.41, 5.74) is 4.50. The third kappa shape index (κ3) is 3.58. The molecule has 0 aliphatic heterocycles. The molecule has 0 heterocycles. The number of hydrogen-bond acceptors (Lipinski definition) is 3. The highest BCUT2D eigenvalue weighted by molar-refractivity contribution is 5.82. The first kappa shape index (κ1) is 15.0. The Balaban J connectivity index is 1.95. The minimum Gasteiger partial charge on any atom is -0.299 e. The average Bonchev–Trinajstić information content (AvgIpc) is 3.01. The van der Waals surface area contributed by atoms with E-state index in [4.69, 9.17) is 5.84 Å². The normalized spacial score (nSPS) is 17.4. The number of carbonyl (C=O) groups excluding carboxylic acids is 1. The molecule has 3 N–H and O–H groups in total. The van der Waals surface area contributed by atoms with Crippen molar-refractivity contribution in [2.24, 2.45) is 5.84 Å². The van der Waals surface area contributed by atoms with Crippen LogP contribution >= 0.6 is 0 Å². The summed E-state index contributed by atoms with van der Waals surface area (Å²) in [6.45, 7) is 2.84. The molecular formula is C16H25N3O. The Kier molecular flexibility index (Phi) is 5.15. The van der Waals surface area contributed by atoms with Gasteiger partial charge < -0.3 is 0 Å². The quantitative estimate of drug-likeness (QED) is 0.492. The van der Waals surface area contributed by atoms with Gasteiger partial charge in [0.05, 0.1) is 5.92 Å². The lowest BCUT2D eigenvalue weighted by Gasteiger charge is -2.24. The van der Waals surface area contributed by atoms with Crippen LogP contribution in [0.3, 0.4) is 0 Å². The average molecular weight is 275 g/mol. The zero-order chi connectivity index (χ0) is 14.5. The van der Waals surface area contributed by atoms with Crippen molar-refractivity contribution in [2.45, 2.75) is 51.1 Å². The molecule has 0 aromatic heterocycles. The van der Waals surface area contributed by atoms with Gasteiger partial charge in [-0.05, 0) is 37.9 Å². The summed E-state index contributed by atoms with van der Waals surface area (Å²) >= 11 is 0. The molecule has 1 fully saturated rings. The van der Waals surface area contributed by atoms with E-state index in [2.05, 4.69) is 29.5 Å². The lowest BCUT2D eigenvalue weighted by molar-refractivity contribution is -0.122. The van der Waals surface area contributed by atoms with Crippen LogP contribution in [0.25, 0.3) is 0 Å². The highest BCUT2D eigenvalue weighted by Crippen LogP contribution is 2.24. The smallest absolute Gasteiger partial charge is 0.241 e. The largest absolute Gasteiger partial charge is 0.299 e. The van der Waals surface area contributed by atoms with E-state index in [9.17, 15) is 4.79 Å². The Labute approximate surface area is 121 Å². The van der Waals surface area contributed by atoms with Gasteiger partial charge in [-0.1, -0.05) is 37.1 Å². The molecule has 0 bridgehead atoms. The number of nitrogens with zero attached hydrogens (tertiary/aromatic N) is 1. The summed E-state index contributed by atoms with van der Waals surface area (Å²) < 4.78 is 0. The van der Waals surface area contributed by atoms with Gasteiger partial charge in [0.1, 0.15) is 0 Å². The van der Waals surface area contributed by atoms with Crippen LogP contribution in [0.2, 0.25) is 0 Å². The van der Waals surface area contributed by atoms with E-state index < -0.39 is 0 Å². The van der Waals surface area contributed by atoms with Crippen molar-refractivity contribution in [3.05, 3.63) is 35.4 Å². The fourth-order valence-electron chi connectivity index (χ4n) is 2.95. The summed E-state index contributed by atoms with van der Waals surface area (Å²) in [4.78, 5) is 13.9. The minimum absolute atomic E-state index is 0.152. The molecule has 1 aromatic rings. The number of rotatable bonds is 5. The van der Waals surface area contributed by atoms with Crippen LogP contribution < -0.4 is 11.3 Å². The van der Waals surface area contributed by atoms with Gasteiger partial charge in [0.25, 0.3) is 0 Å². The van der Waals surface area contributed by atoms with Crippen LogP contribution in [0.5, 0.6) is 0 Å². The Morgan fingerprint density at radius 1 is 1.35 bits per heavy atom. The summed E-state index contributed by atoms with van der Waals surface area (Å²) in [7, 11) is 2.20. The first-order valence-corrected chi connectivity index (χ1v) is 7.41. The van der Waals surface area contributed by atoms with Crippen LogP contribution in [0.15, 0.2) is 24.3 Å². The standard InChI is InChI=1S/C16H25N3O/c1-12(16(20)18-17)14-9-7-13(8-10-14)11-19(2)15-5-3-4-6-15/h7-10,12,15H,3-6,11,17H2,1-2H3,(H,18,20). The highest BCUT2D eigenvalue weighted by Gasteiger charge is 2.19. The maximum atomic E-state index is 11.5. The van der Waals surface area contributed by atoms with Gasteiger partial charge in [0.15, 0.2) is 0 Å². The van der Waals surface area contributed by atoms with Crippen molar-refractivity contribution in [1.29, 1.82) is 0 Å². The van der Waals surface area contributed by atoms with Crippen molar-refractivity contribution in [2.75, 3.05) is 7.05 Å². The lowest BCUT2D eigenvalue weighted by atomic mass is 9.99. The van der Waals surface area contributed by atoms with Crippen molar-refractivity contribution >= 4 is 5.91 Å². The van der Waals surface area contributed by atoms with Crippen molar-refractivity contribution in [3.63, 3.8) is 0 Å². The van der Waals surface area contributed by atoms with Gasteiger partial charge in [0, 0.05) is 12.6 Å². The zero-order valence-electron chi connectivity index (χ0n) is 12.4. The molecular weight excluding hydrogens is 250 g/mol. The van der Waals surface area contributed by atoms with Crippen LogP contribution in [-0.2, 0) is 11.3 Å². The Hall–Kier alpha value is -1.39. The molecule has 0 spiro atoms. The van der Waals surface area contributed by atoms with Gasteiger partial charge >= 0.3 is 0 Å². The van der Waals surface area contributed by atoms with Crippen LogP contribution in [0.1, 0.15) is 49.7 Å². The Bertz CT molecular complexity index is 438. The van der Waals surface area contributed by atoms with E-state index in [0.717, 1.165) is 18.2 Å². The fourth-order valence-corrected chi connectivity index (χ4v) is 2.95. The number of hydrazine groups is 1. The molecule has 1 aromatic carbocycles. The summed E-state index contributed by atoms with van der Waals surface area (Å²) in [6.07, 6.45) is 5.36. The SMILES string of the molecule is CC(C(=O)NN)c1ccc(CN(C)C2CCCC2)cc1. The van der Waals surface area contributed by atoms with Gasteiger partial charge in [-0.3, -0.25) is 15.1 Å². The molecule has 1 aliphatic carbocycles. The number of amides is 1.